The maximum atomic E-state index is 13.4. The summed E-state index contributed by atoms with van der Waals surface area (Å²) in [6.45, 7) is 0. The first kappa shape index (κ1) is 18.4. The average Bonchev–Trinajstić information content (AvgIpc) is 2.78. The average molecular weight is 385 g/mol. The molecule has 0 aliphatic rings. The highest BCUT2D eigenvalue weighted by molar-refractivity contribution is 6.16. The number of ether oxygens (including phenoxy) is 2. The third-order valence-corrected chi connectivity index (χ3v) is 4.55. The lowest BCUT2D eigenvalue weighted by atomic mass is 10.0. The maximum absolute atomic E-state index is 13.4. The summed E-state index contributed by atoms with van der Waals surface area (Å²) in [6, 6.07) is 22.2. The van der Waals surface area contributed by atoms with Gasteiger partial charge in [0.15, 0.2) is 0 Å². The number of methoxy groups -OCH3 is 2. The van der Waals surface area contributed by atoms with Crippen molar-refractivity contribution in [1.82, 2.24) is 10.2 Å². The van der Waals surface area contributed by atoms with Crippen LogP contribution in [-0.4, -0.2) is 30.3 Å². The van der Waals surface area contributed by atoms with Crippen LogP contribution in [0.5, 0.6) is 11.5 Å². The molecular weight excluding hydrogens is 366 g/mol. The van der Waals surface area contributed by atoms with Gasteiger partial charge in [-0.05, 0) is 6.07 Å². The zero-order valence-electron chi connectivity index (χ0n) is 16.0. The highest BCUT2D eigenvalue weighted by Gasteiger charge is 2.20. The molecule has 1 amide bonds. The molecule has 0 atom stereocenters. The summed E-state index contributed by atoms with van der Waals surface area (Å²) in [7, 11) is 3.13. The number of rotatable bonds is 5. The number of carbonyl (C=O) groups is 1. The van der Waals surface area contributed by atoms with Crippen molar-refractivity contribution in [1.29, 1.82) is 0 Å². The fourth-order valence-electron chi connectivity index (χ4n) is 3.15. The lowest BCUT2D eigenvalue weighted by molar-refractivity contribution is 0.102. The van der Waals surface area contributed by atoms with E-state index in [1.807, 2.05) is 54.6 Å². The molecule has 3 aromatic carbocycles. The molecule has 144 valence electrons. The van der Waals surface area contributed by atoms with Crippen LogP contribution in [-0.2, 0) is 0 Å². The number of anilines is 1. The number of aromatic nitrogens is 2. The third kappa shape index (κ3) is 3.73. The number of fused-ring (bicyclic) bond motifs is 1. The highest BCUT2D eigenvalue weighted by atomic mass is 16.5. The van der Waals surface area contributed by atoms with Crippen molar-refractivity contribution >= 4 is 22.5 Å². The van der Waals surface area contributed by atoms with E-state index in [0.717, 1.165) is 10.9 Å². The van der Waals surface area contributed by atoms with E-state index in [4.69, 9.17) is 9.47 Å². The zero-order chi connectivity index (χ0) is 20.2. The van der Waals surface area contributed by atoms with Gasteiger partial charge in [-0.2, -0.15) is 0 Å². The first-order valence-electron chi connectivity index (χ1n) is 9.05. The van der Waals surface area contributed by atoms with Gasteiger partial charge in [0.05, 0.1) is 25.3 Å². The molecule has 0 radical (unpaired) electrons. The second-order valence-corrected chi connectivity index (χ2v) is 6.36. The van der Waals surface area contributed by atoms with Crippen LogP contribution in [0.15, 0.2) is 72.8 Å². The van der Waals surface area contributed by atoms with Gasteiger partial charge < -0.3 is 14.8 Å². The van der Waals surface area contributed by atoms with E-state index in [-0.39, 0.29) is 5.91 Å². The molecule has 0 spiro atoms. The van der Waals surface area contributed by atoms with Crippen molar-refractivity contribution in [2.45, 2.75) is 0 Å². The summed E-state index contributed by atoms with van der Waals surface area (Å²) in [5, 5.41) is 12.3. The Morgan fingerprint density at radius 1 is 0.828 bits per heavy atom. The highest BCUT2D eigenvalue weighted by Crippen LogP contribution is 2.30. The van der Waals surface area contributed by atoms with E-state index >= 15 is 0 Å². The zero-order valence-corrected chi connectivity index (χ0v) is 16.0. The lowest BCUT2D eigenvalue weighted by Crippen LogP contribution is -2.15. The van der Waals surface area contributed by atoms with Crippen LogP contribution in [0.1, 0.15) is 10.4 Å². The molecule has 0 aliphatic carbocycles. The Hall–Kier alpha value is -3.93. The standard InChI is InChI=1S/C23H19N3O3/c1-28-17-12-16(13-18(14-17)29-2)24-23(27)21-19-10-6-7-11-20(19)25-26-22(21)15-8-4-3-5-9-15/h3-14H,1-2H3,(H,24,27). The van der Waals surface area contributed by atoms with Crippen LogP contribution in [0.3, 0.4) is 0 Å². The minimum Gasteiger partial charge on any atom is -0.497 e. The van der Waals surface area contributed by atoms with Gasteiger partial charge in [-0.15, -0.1) is 10.2 Å². The summed E-state index contributed by atoms with van der Waals surface area (Å²) in [5.74, 6) is 0.881. The van der Waals surface area contributed by atoms with Gasteiger partial charge in [-0.3, -0.25) is 4.79 Å². The van der Waals surface area contributed by atoms with Crippen LogP contribution in [0.25, 0.3) is 22.2 Å². The molecule has 6 nitrogen and oxygen atoms in total. The van der Waals surface area contributed by atoms with Crippen molar-refractivity contribution in [3.05, 3.63) is 78.4 Å². The molecule has 4 aromatic rings. The van der Waals surface area contributed by atoms with Gasteiger partial charge in [0.1, 0.15) is 17.2 Å². The summed E-state index contributed by atoms with van der Waals surface area (Å²) >= 11 is 0. The van der Waals surface area contributed by atoms with Crippen molar-refractivity contribution < 1.29 is 14.3 Å². The van der Waals surface area contributed by atoms with Gasteiger partial charge >= 0.3 is 0 Å². The quantitative estimate of drug-likeness (QED) is 0.545. The van der Waals surface area contributed by atoms with Crippen LogP contribution < -0.4 is 14.8 Å². The van der Waals surface area contributed by atoms with E-state index in [0.29, 0.717) is 34.0 Å². The van der Waals surface area contributed by atoms with E-state index in [9.17, 15) is 4.79 Å². The largest absolute Gasteiger partial charge is 0.497 e. The minimum atomic E-state index is -0.287. The molecule has 1 N–H and O–H groups in total. The normalized spacial score (nSPS) is 10.6. The van der Waals surface area contributed by atoms with Gasteiger partial charge in [0.2, 0.25) is 0 Å². The second-order valence-electron chi connectivity index (χ2n) is 6.36. The molecule has 0 saturated heterocycles. The van der Waals surface area contributed by atoms with Gasteiger partial charge in [0.25, 0.3) is 5.91 Å². The summed E-state index contributed by atoms with van der Waals surface area (Å²) in [5.41, 5.74) is 3.02. The van der Waals surface area contributed by atoms with Gasteiger partial charge in [0, 0.05) is 34.8 Å². The fourth-order valence-corrected chi connectivity index (χ4v) is 3.15. The molecule has 6 heteroatoms. The predicted octanol–water partition coefficient (Wildman–Crippen LogP) is 4.57. The summed E-state index contributed by atoms with van der Waals surface area (Å²) in [6.07, 6.45) is 0. The first-order valence-corrected chi connectivity index (χ1v) is 9.05. The lowest BCUT2D eigenvalue weighted by Gasteiger charge is -2.13. The third-order valence-electron chi connectivity index (χ3n) is 4.55. The molecule has 1 aromatic heterocycles. The number of benzene rings is 3. The Balaban J connectivity index is 1.83. The summed E-state index contributed by atoms with van der Waals surface area (Å²) < 4.78 is 10.6. The topological polar surface area (TPSA) is 73.3 Å². The van der Waals surface area contributed by atoms with Crippen LogP contribution in [0.4, 0.5) is 5.69 Å². The summed E-state index contributed by atoms with van der Waals surface area (Å²) in [4.78, 5) is 13.4. The minimum absolute atomic E-state index is 0.287. The van der Waals surface area contributed by atoms with Crippen LogP contribution in [0, 0.1) is 0 Å². The van der Waals surface area contributed by atoms with Crippen molar-refractivity contribution in [3.8, 4) is 22.8 Å². The second kappa shape index (κ2) is 7.98. The monoisotopic (exact) mass is 385 g/mol. The first-order chi connectivity index (χ1) is 14.2. The van der Waals surface area contributed by atoms with Crippen LogP contribution in [0.2, 0.25) is 0 Å². The fraction of sp³-hybridized carbons (Fsp3) is 0.0870. The molecule has 0 fully saturated rings. The van der Waals surface area contributed by atoms with Crippen molar-refractivity contribution in [2.75, 3.05) is 19.5 Å². The Bertz CT molecular complexity index is 1150. The molecule has 0 aliphatic heterocycles. The Labute approximate surface area is 168 Å². The van der Waals surface area contributed by atoms with E-state index in [1.54, 1.807) is 32.4 Å². The Morgan fingerprint density at radius 2 is 1.48 bits per heavy atom. The molecule has 1 heterocycles. The van der Waals surface area contributed by atoms with Crippen molar-refractivity contribution in [2.24, 2.45) is 0 Å². The van der Waals surface area contributed by atoms with Crippen molar-refractivity contribution in [3.63, 3.8) is 0 Å². The number of carbonyl (C=O) groups excluding carboxylic acids is 1. The van der Waals surface area contributed by atoms with E-state index in [1.165, 1.54) is 0 Å². The van der Waals surface area contributed by atoms with Gasteiger partial charge in [-0.25, -0.2) is 0 Å². The number of hydrogen-bond donors (Lipinski definition) is 1. The van der Waals surface area contributed by atoms with E-state index in [2.05, 4.69) is 15.5 Å². The number of nitrogens with zero attached hydrogens (tertiary/aromatic N) is 2. The predicted molar refractivity (Wildman–Crippen MR) is 112 cm³/mol. The van der Waals surface area contributed by atoms with E-state index < -0.39 is 0 Å². The maximum Gasteiger partial charge on any atom is 0.258 e. The molecule has 4 rings (SSSR count). The SMILES string of the molecule is COc1cc(NC(=O)c2c(-c3ccccc3)nnc3ccccc23)cc(OC)c1. The molecular formula is C23H19N3O3. The van der Waals surface area contributed by atoms with Crippen LogP contribution >= 0.6 is 0 Å². The molecule has 0 saturated carbocycles. The molecule has 0 unspecified atom stereocenters. The molecule has 29 heavy (non-hydrogen) atoms. The Kier molecular flexibility index (Phi) is 5.07. The number of amides is 1. The molecule has 0 bridgehead atoms. The number of hydrogen-bond acceptors (Lipinski definition) is 5. The van der Waals surface area contributed by atoms with Gasteiger partial charge in [-0.1, -0.05) is 48.5 Å². The Morgan fingerprint density at radius 3 is 2.17 bits per heavy atom. The smallest absolute Gasteiger partial charge is 0.258 e. The number of nitrogens with one attached hydrogen (secondary N) is 1.